The molecule has 0 aliphatic rings. The van der Waals surface area contributed by atoms with Crippen molar-refractivity contribution >= 4 is 10.7 Å². The van der Waals surface area contributed by atoms with Gasteiger partial charge in [0.25, 0.3) is 0 Å². The largest absolute Gasteiger partial charge is 0.232 e. The minimum atomic E-state index is -2.34. The zero-order valence-electron chi connectivity index (χ0n) is 8.32. The van der Waals surface area contributed by atoms with E-state index in [1.165, 1.54) is 0 Å². The number of hydrogen-bond donors (Lipinski definition) is 1. The Kier molecular flexibility index (Phi) is 4.14. The molecule has 2 nitrogen and oxygen atoms in total. The summed E-state index contributed by atoms with van der Waals surface area (Å²) in [5, 5.41) is 0. The number of benzene rings is 1. The molecule has 0 aliphatic carbocycles. The van der Waals surface area contributed by atoms with E-state index in [-0.39, 0.29) is 5.75 Å². The SMILES string of the molecule is [CH2]CCc1cccc(C)c1C[SH](=O)=O. The molecule has 3 heteroatoms. The lowest BCUT2D eigenvalue weighted by Crippen LogP contribution is -1.98. The second-order valence-corrected chi connectivity index (χ2v) is 4.29. The van der Waals surface area contributed by atoms with Crippen LogP contribution in [0, 0.1) is 13.8 Å². The fourth-order valence-electron chi connectivity index (χ4n) is 1.54. The number of aryl methyl sites for hydroxylation is 2. The van der Waals surface area contributed by atoms with Crippen LogP contribution in [-0.4, -0.2) is 8.42 Å². The Morgan fingerprint density at radius 3 is 2.64 bits per heavy atom. The highest BCUT2D eigenvalue weighted by atomic mass is 32.2. The molecule has 1 radical (unpaired) electrons. The van der Waals surface area contributed by atoms with Crippen molar-refractivity contribution in [1.29, 1.82) is 0 Å². The van der Waals surface area contributed by atoms with Crippen LogP contribution in [0.25, 0.3) is 0 Å². The molecule has 0 spiro atoms. The molecule has 0 atom stereocenters. The van der Waals surface area contributed by atoms with E-state index in [2.05, 4.69) is 6.92 Å². The minimum absolute atomic E-state index is 0.150. The molecular formula is C11H15O2S. The molecule has 0 amide bonds. The van der Waals surface area contributed by atoms with Crippen molar-refractivity contribution in [3.05, 3.63) is 41.8 Å². The monoisotopic (exact) mass is 211 g/mol. The van der Waals surface area contributed by atoms with Crippen LogP contribution >= 0.6 is 0 Å². The smallest absolute Gasteiger partial charge is 0.144 e. The average Bonchev–Trinajstić information content (AvgIpc) is 2.11. The maximum Gasteiger partial charge on any atom is 0.144 e. The number of hydrogen-bond acceptors (Lipinski definition) is 2. The number of rotatable bonds is 4. The average molecular weight is 211 g/mol. The van der Waals surface area contributed by atoms with Crippen molar-refractivity contribution in [2.45, 2.75) is 25.5 Å². The second-order valence-electron chi connectivity index (χ2n) is 3.31. The quantitative estimate of drug-likeness (QED) is 0.771. The molecule has 0 unspecified atom stereocenters. The first-order valence-corrected chi connectivity index (χ1v) is 6.00. The molecule has 1 aromatic carbocycles. The summed E-state index contributed by atoms with van der Waals surface area (Å²) in [6.07, 6.45) is 1.65. The fraction of sp³-hybridized carbons (Fsp3) is 0.364. The first-order valence-electron chi connectivity index (χ1n) is 4.63. The van der Waals surface area contributed by atoms with E-state index in [4.69, 9.17) is 0 Å². The van der Waals surface area contributed by atoms with Crippen LogP contribution in [0.3, 0.4) is 0 Å². The summed E-state index contributed by atoms with van der Waals surface area (Å²) < 4.78 is 21.4. The maximum atomic E-state index is 10.7. The van der Waals surface area contributed by atoms with Gasteiger partial charge in [-0.3, -0.25) is 0 Å². The van der Waals surface area contributed by atoms with Gasteiger partial charge in [-0.25, -0.2) is 8.42 Å². The third-order valence-electron chi connectivity index (χ3n) is 2.24. The highest BCUT2D eigenvalue weighted by molar-refractivity contribution is 7.71. The minimum Gasteiger partial charge on any atom is -0.232 e. The predicted molar refractivity (Wildman–Crippen MR) is 58.9 cm³/mol. The molecule has 0 saturated carbocycles. The molecule has 77 valence electrons. The lowest BCUT2D eigenvalue weighted by Gasteiger charge is -2.08. The zero-order valence-corrected chi connectivity index (χ0v) is 9.22. The van der Waals surface area contributed by atoms with E-state index >= 15 is 0 Å². The molecule has 0 bridgehead atoms. The molecule has 1 aromatic rings. The first kappa shape index (κ1) is 11.2. The Morgan fingerprint density at radius 1 is 1.36 bits per heavy atom. The van der Waals surface area contributed by atoms with Crippen molar-refractivity contribution < 1.29 is 8.42 Å². The van der Waals surface area contributed by atoms with E-state index in [1.807, 2.05) is 25.1 Å². The van der Waals surface area contributed by atoms with Crippen LogP contribution in [0.5, 0.6) is 0 Å². The Morgan fingerprint density at radius 2 is 2.07 bits per heavy atom. The summed E-state index contributed by atoms with van der Waals surface area (Å²) in [5.74, 6) is 0.150. The summed E-state index contributed by atoms with van der Waals surface area (Å²) in [5.41, 5.74) is 3.11. The van der Waals surface area contributed by atoms with Gasteiger partial charge in [-0.05, 0) is 36.5 Å². The van der Waals surface area contributed by atoms with Gasteiger partial charge in [-0.1, -0.05) is 25.1 Å². The van der Waals surface area contributed by atoms with E-state index in [9.17, 15) is 8.42 Å². The normalized spacial score (nSPS) is 10.8. The van der Waals surface area contributed by atoms with Gasteiger partial charge in [-0.2, -0.15) is 0 Å². The van der Waals surface area contributed by atoms with Crippen LogP contribution in [0.4, 0.5) is 0 Å². The van der Waals surface area contributed by atoms with Gasteiger partial charge >= 0.3 is 0 Å². The van der Waals surface area contributed by atoms with Crippen LogP contribution in [0.1, 0.15) is 23.1 Å². The van der Waals surface area contributed by atoms with Gasteiger partial charge < -0.3 is 0 Å². The summed E-state index contributed by atoms with van der Waals surface area (Å²) in [4.78, 5) is 0. The molecule has 0 saturated heterocycles. The summed E-state index contributed by atoms with van der Waals surface area (Å²) in [7, 11) is -2.34. The third kappa shape index (κ3) is 2.84. The molecule has 0 aromatic heterocycles. The molecular weight excluding hydrogens is 196 g/mol. The van der Waals surface area contributed by atoms with Crippen molar-refractivity contribution in [3.63, 3.8) is 0 Å². The summed E-state index contributed by atoms with van der Waals surface area (Å²) in [6, 6.07) is 5.88. The van der Waals surface area contributed by atoms with Crippen molar-refractivity contribution in [3.8, 4) is 0 Å². The van der Waals surface area contributed by atoms with Crippen molar-refractivity contribution in [1.82, 2.24) is 0 Å². The first-order chi connectivity index (χ1) is 6.65. The Balaban J connectivity index is 3.08. The number of thiol groups is 1. The molecule has 0 heterocycles. The molecule has 0 aliphatic heterocycles. The van der Waals surface area contributed by atoms with Crippen molar-refractivity contribution in [2.75, 3.05) is 0 Å². The van der Waals surface area contributed by atoms with E-state index in [1.54, 1.807) is 0 Å². The molecule has 1 rings (SSSR count). The fourth-order valence-corrected chi connectivity index (χ4v) is 2.25. The topological polar surface area (TPSA) is 34.1 Å². The van der Waals surface area contributed by atoms with Gasteiger partial charge in [0.05, 0.1) is 5.75 Å². The van der Waals surface area contributed by atoms with Crippen LogP contribution in [0.2, 0.25) is 0 Å². The molecule has 0 fully saturated rings. The summed E-state index contributed by atoms with van der Waals surface area (Å²) in [6.45, 7) is 5.73. The van der Waals surface area contributed by atoms with Gasteiger partial charge in [0, 0.05) is 0 Å². The second kappa shape index (κ2) is 5.15. The van der Waals surface area contributed by atoms with Crippen LogP contribution in [0.15, 0.2) is 18.2 Å². The highest BCUT2D eigenvalue weighted by Crippen LogP contribution is 2.16. The van der Waals surface area contributed by atoms with Gasteiger partial charge in [-0.15, -0.1) is 0 Å². The summed E-state index contributed by atoms with van der Waals surface area (Å²) >= 11 is 0. The maximum absolute atomic E-state index is 10.7. The van der Waals surface area contributed by atoms with Crippen LogP contribution < -0.4 is 0 Å². The van der Waals surface area contributed by atoms with Gasteiger partial charge in [0.1, 0.15) is 10.7 Å². The lowest BCUT2D eigenvalue weighted by molar-refractivity contribution is 0.613. The Bertz CT molecular complexity index is 373. The predicted octanol–water partition coefficient (Wildman–Crippen LogP) is 1.87. The van der Waals surface area contributed by atoms with Gasteiger partial charge in [0.2, 0.25) is 0 Å². The van der Waals surface area contributed by atoms with E-state index in [0.29, 0.717) is 0 Å². The van der Waals surface area contributed by atoms with Gasteiger partial charge in [0.15, 0.2) is 0 Å². The highest BCUT2D eigenvalue weighted by Gasteiger charge is 2.05. The molecule has 14 heavy (non-hydrogen) atoms. The Hall–Kier alpha value is -0.830. The standard InChI is InChI=1S/C11H15O2S/c1-3-5-10-7-4-6-9(2)11(10)8-14(12)13/h4,6-7,14H,1,3,5,8H2,2H3. The van der Waals surface area contributed by atoms with Crippen LogP contribution in [-0.2, 0) is 22.9 Å². The molecule has 0 N–H and O–H groups in total. The van der Waals surface area contributed by atoms with Crippen molar-refractivity contribution in [2.24, 2.45) is 0 Å². The lowest BCUT2D eigenvalue weighted by atomic mass is 10.00. The third-order valence-corrected chi connectivity index (χ3v) is 2.82. The van der Waals surface area contributed by atoms with E-state index in [0.717, 1.165) is 29.5 Å². The Labute approximate surface area is 86.9 Å². The zero-order chi connectivity index (χ0) is 10.6. The van der Waals surface area contributed by atoms with E-state index < -0.39 is 10.7 Å².